The molecule has 0 fully saturated rings. The molecule has 0 rings (SSSR count). The molecule has 1 atom stereocenters. The molecule has 72 valence electrons. The summed E-state index contributed by atoms with van der Waals surface area (Å²) in [5, 5.41) is 0. The van der Waals surface area contributed by atoms with E-state index in [1.807, 2.05) is 19.0 Å². The van der Waals surface area contributed by atoms with E-state index in [-0.39, 0.29) is 5.91 Å². The zero-order chi connectivity index (χ0) is 9.72. The molecular weight excluding hydrogens is 154 g/mol. The lowest BCUT2D eigenvalue weighted by Gasteiger charge is -2.21. The second-order valence-electron chi connectivity index (χ2n) is 3.35. The molecule has 4 heteroatoms. The normalized spacial score (nSPS) is 13.2. The van der Waals surface area contributed by atoms with Crippen molar-refractivity contribution >= 4 is 5.91 Å². The maximum absolute atomic E-state index is 11.2. The average Bonchev–Trinajstić information content (AvgIpc) is 1.98. The number of carbonyl (C=O) groups is 1. The summed E-state index contributed by atoms with van der Waals surface area (Å²) in [4.78, 5) is 14.9. The van der Waals surface area contributed by atoms with Crippen LogP contribution in [0.25, 0.3) is 0 Å². The fraction of sp³-hybridized carbons (Fsp3) is 0.875. The van der Waals surface area contributed by atoms with E-state index >= 15 is 0 Å². The first-order valence-electron chi connectivity index (χ1n) is 4.10. The lowest BCUT2D eigenvalue weighted by Crippen LogP contribution is -2.42. The van der Waals surface area contributed by atoms with Crippen molar-refractivity contribution in [1.82, 2.24) is 9.80 Å². The van der Waals surface area contributed by atoms with Gasteiger partial charge in [-0.15, -0.1) is 0 Å². The molecule has 0 heterocycles. The summed E-state index contributed by atoms with van der Waals surface area (Å²) >= 11 is 0. The summed E-state index contributed by atoms with van der Waals surface area (Å²) in [5.41, 5.74) is 5.44. The van der Waals surface area contributed by atoms with Crippen LogP contribution in [-0.2, 0) is 4.79 Å². The largest absolute Gasteiger partial charge is 0.343 e. The van der Waals surface area contributed by atoms with Gasteiger partial charge in [-0.05, 0) is 21.0 Å². The SMILES string of the molecule is C[C@H](N)C(=O)N(C)CCN(C)C. The summed E-state index contributed by atoms with van der Waals surface area (Å²) in [6.07, 6.45) is 0. The number of rotatable bonds is 4. The van der Waals surface area contributed by atoms with E-state index in [9.17, 15) is 4.79 Å². The van der Waals surface area contributed by atoms with Crippen molar-refractivity contribution in [2.24, 2.45) is 5.73 Å². The first kappa shape index (κ1) is 11.4. The van der Waals surface area contributed by atoms with Gasteiger partial charge in [0.15, 0.2) is 0 Å². The van der Waals surface area contributed by atoms with Crippen molar-refractivity contribution in [3.05, 3.63) is 0 Å². The summed E-state index contributed by atoms with van der Waals surface area (Å²) in [6.45, 7) is 3.30. The van der Waals surface area contributed by atoms with Crippen LogP contribution >= 0.6 is 0 Å². The van der Waals surface area contributed by atoms with Crippen molar-refractivity contribution < 1.29 is 4.79 Å². The fourth-order valence-corrected chi connectivity index (χ4v) is 0.808. The van der Waals surface area contributed by atoms with Gasteiger partial charge in [0.1, 0.15) is 0 Å². The van der Waals surface area contributed by atoms with Crippen LogP contribution in [0.15, 0.2) is 0 Å². The van der Waals surface area contributed by atoms with Crippen LogP contribution in [-0.4, -0.2) is 56.0 Å². The minimum Gasteiger partial charge on any atom is -0.343 e. The molecule has 0 spiro atoms. The zero-order valence-corrected chi connectivity index (χ0v) is 8.37. The van der Waals surface area contributed by atoms with Gasteiger partial charge >= 0.3 is 0 Å². The Bertz CT molecular complexity index is 145. The van der Waals surface area contributed by atoms with Gasteiger partial charge in [0.25, 0.3) is 0 Å². The van der Waals surface area contributed by atoms with Crippen molar-refractivity contribution in [3.8, 4) is 0 Å². The molecule has 12 heavy (non-hydrogen) atoms. The van der Waals surface area contributed by atoms with Gasteiger partial charge in [0.05, 0.1) is 6.04 Å². The molecule has 0 saturated heterocycles. The molecule has 0 unspecified atom stereocenters. The maximum atomic E-state index is 11.2. The predicted octanol–water partition coefficient (Wildman–Crippen LogP) is -0.646. The van der Waals surface area contributed by atoms with Gasteiger partial charge in [0.2, 0.25) is 5.91 Å². The smallest absolute Gasteiger partial charge is 0.238 e. The summed E-state index contributed by atoms with van der Waals surface area (Å²) in [7, 11) is 5.73. The van der Waals surface area contributed by atoms with E-state index in [2.05, 4.69) is 0 Å². The lowest BCUT2D eigenvalue weighted by molar-refractivity contribution is -0.130. The number of hydrogen-bond acceptors (Lipinski definition) is 3. The van der Waals surface area contributed by atoms with E-state index in [1.165, 1.54) is 0 Å². The fourth-order valence-electron chi connectivity index (χ4n) is 0.808. The summed E-state index contributed by atoms with van der Waals surface area (Å²) in [6, 6.07) is -0.392. The van der Waals surface area contributed by atoms with E-state index in [0.717, 1.165) is 13.1 Å². The molecular formula is C8H19N3O. The molecule has 0 aliphatic rings. The van der Waals surface area contributed by atoms with E-state index in [0.29, 0.717) is 0 Å². The zero-order valence-electron chi connectivity index (χ0n) is 8.37. The number of nitrogens with two attached hydrogens (primary N) is 1. The first-order valence-corrected chi connectivity index (χ1v) is 4.10. The Morgan fingerprint density at radius 2 is 1.83 bits per heavy atom. The van der Waals surface area contributed by atoms with Gasteiger partial charge in [0, 0.05) is 20.1 Å². The third-order valence-corrected chi connectivity index (χ3v) is 1.65. The monoisotopic (exact) mass is 173 g/mol. The van der Waals surface area contributed by atoms with Crippen LogP contribution in [0.4, 0.5) is 0 Å². The Morgan fingerprint density at radius 3 is 2.17 bits per heavy atom. The molecule has 0 aliphatic heterocycles. The molecule has 0 bridgehead atoms. The number of hydrogen-bond donors (Lipinski definition) is 1. The Morgan fingerprint density at radius 1 is 1.33 bits per heavy atom. The van der Waals surface area contributed by atoms with Crippen LogP contribution in [0.5, 0.6) is 0 Å². The Labute approximate surface area is 74.3 Å². The number of amides is 1. The van der Waals surface area contributed by atoms with Crippen molar-refractivity contribution in [3.63, 3.8) is 0 Å². The van der Waals surface area contributed by atoms with Gasteiger partial charge in [-0.3, -0.25) is 4.79 Å². The minimum atomic E-state index is -0.392. The van der Waals surface area contributed by atoms with Crippen molar-refractivity contribution in [2.45, 2.75) is 13.0 Å². The highest BCUT2D eigenvalue weighted by Crippen LogP contribution is 1.89. The van der Waals surface area contributed by atoms with Crippen LogP contribution in [0.3, 0.4) is 0 Å². The quantitative estimate of drug-likeness (QED) is 0.615. The van der Waals surface area contributed by atoms with E-state index in [1.54, 1.807) is 18.9 Å². The topological polar surface area (TPSA) is 49.6 Å². The Kier molecular flexibility index (Phi) is 4.85. The molecule has 2 N–H and O–H groups in total. The number of nitrogens with zero attached hydrogens (tertiary/aromatic N) is 2. The molecule has 0 aromatic rings. The average molecular weight is 173 g/mol. The molecule has 1 amide bonds. The maximum Gasteiger partial charge on any atom is 0.238 e. The highest BCUT2D eigenvalue weighted by atomic mass is 16.2. The molecule has 0 aromatic heterocycles. The van der Waals surface area contributed by atoms with Crippen LogP contribution in [0, 0.1) is 0 Å². The van der Waals surface area contributed by atoms with Gasteiger partial charge in [-0.2, -0.15) is 0 Å². The number of likely N-dealkylation sites (N-methyl/N-ethyl adjacent to an activating group) is 2. The van der Waals surface area contributed by atoms with Gasteiger partial charge in [-0.1, -0.05) is 0 Å². The van der Waals surface area contributed by atoms with Crippen LogP contribution in [0.1, 0.15) is 6.92 Å². The molecule has 4 nitrogen and oxygen atoms in total. The van der Waals surface area contributed by atoms with Crippen molar-refractivity contribution in [1.29, 1.82) is 0 Å². The van der Waals surface area contributed by atoms with Crippen LogP contribution in [0.2, 0.25) is 0 Å². The summed E-state index contributed by atoms with van der Waals surface area (Å²) in [5.74, 6) is -0.00292. The third kappa shape index (κ3) is 4.31. The molecule has 0 radical (unpaired) electrons. The van der Waals surface area contributed by atoms with Crippen molar-refractivity contribution in [2.75, 3.05) is 34.2 Å². The second-order valence-corrected chi connectivity index (χ2v) is 3.35. The van der Waals surface area contributed by atoms with E-state index in [4.69, 9.17) is 5.73 Å². The third-order valence-electron chi connectivity index (χ3n) is 1.65. The Balaban J connectivity index is 3.72. The summed E-state index contributed by atoms with van der Waals surface area (Å²) < 4.78 is 0. The van der Waals surface area contributed by atoms with Gasteiger partial charge in [-0.25, -0.2) is 0 Å². The Hall–Kier alpha value is -0.610. The highest BCUT2D eigenvalue weighted by Gasteiger charge is 2.12. The minimum absolute atomic E-state index is 0.00292. The second kappa shape index (κ2) is 5.11. The lowest BCUT2D eigenvalue weighted by atomic mass is 10.3. The molecule has 0 saturated carbocycles. The predicted molar refractivity (Wildman–Crippen MR) is 49.8 cm³/mol. The van der Waals surface area contributed by atoms with Gasteiger partial charge < -0.3 is 15.5 Å². The standard InChI is InChI=1S/C8H19N3O/c1-7(9)8(12)11(4)6-5-10(2)3/h7H,5-6,9H2,1-4H3/t7-/m0/s1. The molecule has 0 aromatic carbocycles. The highest BCUT2D eigenvalue weighted by molar-refractivity contribution is 5.80. The van der Waals surface area contributed by atoms with Crippen LogP contribution < -0.4 is 5.73 Å². The first-order chi connectivity index (χ1) is 5.45. The molecule has 0 aliphatic carbocycles. The van der Waals surface area contributed by atoms with E-state index < -0.39 is 6.04 Å². The number of carbonyl (C=O) groups excluding carboxylic acids is 1.